The van der Waals surface area contributed by atoms with E-state index < -0.39 is 0 Å². The quantitative estimate of drug-likeness (QED) is 0.360. The first kappa shape index (κ1) is 17.9. The molecule has 0 unspecified atom stereocenters. The van der Waals surface area contributed by atoms with Crippen LogP contribution in [0.25, 0.3) is 32.8 Å². The lowest BCUT2D eigenvalue weighted by atomic mass is 10.0. The fourth-order valence-electron chi connectivity index (χ4n) is 3.74. The molecular formula is C26H18N2O2. The van der Waals surface area contributed by atoms with Crippen molar-refractivity contribution in [2.75, 3.05) is 0 Å². The fourth-order valence-corrected chi connectivity index (χ4v) is 3.74. The van der Waals surface area contributed by atoms with Gasteiger partial charge in [-0.15, -0.1) is 0 Å². The molecule has 4 heteroatoms. The lowest BCUT2D eigenvalue weighted by molar-refractivity contribution is 0.478. The van der Waals surface area contributed by atoms with Crippen LogP contribution in [-0.4, -0.2) is 21.4 Å². The maximum Gasteiger partial charge on any atom is 0.125 e. The maximum atomic E-state index is 10.5. The van der Waals surface area contributed by atoms with Crippen molar-refractivity contribution in [3.63, 3.8) is 0 Å². The highest BCUT2D eigenvalue weighted by Gasteiger charge is 2.11. The van der Waals surface area contributed by atoms with E-state index in [1.807, 2.05) is 78.9 Å². The smallest absolute Gasteiger partial charge is 0.125 e. The summed E-state index contributed by atoms with van der Waals surface area (Å²) in [7, 11) is 0. The third kappa shape index (κ3) is 3.14. The van der Waals surface area contributed by atoms with E-state index in [4.69, 9.17) is 4.98 Å². The Labute approximate surface area is 173 Å². The number of rotatable bonds is 3. The van der Waals surface area contributed by atoms with Gasteiger partial charge in [-0.05, 0) is 46.5 Å². The van der Waals surface area contributed by atoms with Crippen molar-refractivity contribution in [1.82, 2.24) is 4.98 Å². The topological polar surface area (TPSA) is 65.7 Å². The first-order valence-corrected chi connectivity index (χ1v) is 9.63. The summed E-state index contributed by atoms with van der Waals surface area (Å²) >= 11 is 0. The number of phenolic OH excluding ortho intramolecular Hbond substituents is 2. The van der Waals surface area contributed by atoms with E-state index in [-0.39, 0.29) is 11.5 Å². The molecule has 0 spiro atoms. The molecule has 0 bridgehead atoms. The Bertz CT molecular complexity index is 1420. The molecule has 144 valence electrons. The van der Waals surface area contributed by atoms with Gasteiger partial charge in [0, 0.05) is 10.9 Å². The van der Waals surface area contributed by atoms with E-state index in [9.17, 15) is 10.2 Å². The Morgan fingerprint density at radius 1 is 0.667 bits per heavy atom. The van der Waals surface area contributed by atoms with Crippen molar-refractivity contribution in [1.29, 1.82) is 0 Å². The van der Waals surface area contributed by atoms with Crippen LogP contribution in [0.4, 0.5) is 5.69 Å². The maximum absolute atomic E-state index is 10.5. The minimum Gasteiger partial charge on any atom is -0.507 e. The summed E-state index contributed by atoms with van der Waals surface area (Å²) in [5.41, 5.74) is 2.71. The number of aromatic nitrogens is 1. The number of benzene rings is 4. The van der Waals surface area contributed by atoms with Crippen LogP contribution in [0.15, 0.2) is 96.0 Å². The largest absolute Gasteiger partial charge is 0.507 e. The first-order valence-electron chi connectivity index (χ1n) is 9.63. The zero-order chi connectivity index (χ0) is 20.5. The highest BCUT2D eigenvalue weighted by atomic mass is 16.3. The molecule has 0 atom stereocenters. The zero-order valence-corrected chi connectivity index (χ0v) is 16.0. The number of nitrogens with zero attached hydrogens (tertiary/aromatic N) is 2. The fraction of sp³-hybridized carbons (Fsp3) is 0. The van der Waals surface area contributed by atoms with Crippen LogP contribution in [0.3, 0.4) is 0 Å². The Morgan fingerprint density at radius 3 is 2.33 bits per heavy atom. The molecule has 0 saturated carbocycles. The Kier molecular flexibility index (Phi) is 4.37. The van der Waals surface area contributed by atoms with Gasteiger partial charge in [-0.1, -0.05) is 60.7 Å². The van der Waals surface area contributed by atoms with E-state index in [0.717, 1.165) is 16.2 Å². The summed E-state index contributed by atoms with van der Waals surface area (Å²) in [4.78, 5) is 9.27. The molecule has 4 nitrogen and oxygen atoms in total. The van der Waals surface area contributed by atoms with Gasteiger partial charge in [-0.25, -0.2) is 4.98 Å². The molecule has 0 aliphatic rings. The van der Waals surface area contributed by atoms with Crippen molar-refractivity contribution in [2.24, 2.45) is 4.99 Å². The van der Waals surface area contributed by atoms with E-state index in [1.165, 1.54) is 0 Å². The van der Waals surface area contributed by atoms with Gasteiger partial charge in [-0.2, -0.15) is 0 Å². The lowest BCUT2D eigenvalue weighted by Crippen LogP contribution is -1.92. The monoisotopic (exact) mass is 390 g/mol. The Balaban J connectivity index is 1.59. The molecule has 30 heavy (non-hydrogen) atoms. The van der Waals surface area contributed by atoms with Gasteiger partial charge in [-0.3, -0.25) is 4.99 Å². The van der Waals surface area contributed by atoms with E-state index in [2.05, 4.69) is 4.99 Å². The molecule has 0 amide bonds. The number of pyridine rings is 1. The van der Waals surface area contributed by atoms with Crippen molar-refractivity contribution in [2.45, 2.75) is 0 Å². The summed E-state index contributed by atoms with van der Waals surface area (Å²) in [5.74, 6) is 0.386. The number of hydrogen-bond acceptors (Lipinski definition) is 4. The van der Waals surface area contributed by atoms with E-state index in [0.29, 0.717) is 28.0 Å². The van der Waals surface area contributed by atoms with Crippen molar-refractivity contribution < 1.29 is 10.2 Å². The van der Waals surface area contributed by atoms with Crippen LogP contribution in [-0.2, 0) is 0 Å². The molecule has 4 aromatic carbocycles. The molecule has 5 aromatic rings. The molecule has 0 radical (unpaired) electrons. The lowest BCUT2D eigenvalue weighted by Gasteiger charge is -2.09. The number of aromatic hydroxyl groups is 2. The second-order valence-corrected chi connectivity index (χ2v) is 7.04. The molecule has 0 aliphatic heterocycles. The highest BCUT2D eigenvalue weighted by Crippen LogP contribution is 2.36. The number of phenols is 2. The Morgan fingerprint density at radius 2 is 1.43 bits per heavy atom. The standard InChI is InChI=1S/C26H18N2O2/c29-23-13-4-8-18-7-3-11-21(25(18)23)27-16-19-9-5-12-22(28-19)26-20-10-2-1-6-17(20)14-15-24(26)30/h1-16,29-30H. The molecule has 5 rings (SSSR count). The highest BCUT2D eigenvalue weighted by molar-refractivity contribution is 6.00. The number of hydrogen-bond donors (Lipinski definition) is 2. The van der Waals surface area contributed by atoms with Gasteiger partial charge >= 0.3 is 0 Å². The molecule has 1 aromatic heterocycles. The predicted octanol–water partition coefficient (Wildman–Crippen LogP) is 6.22. The van der Waals surface area contributed by atoms with Crippen molar-refractivity contribution in [3.05, 3.63) is 96.7 Å². The second-order valence-electron chi connectivity index (χ2n) is 7.04. The zero-order valence-electron chi connectivity index (χ0n) is 16.0. The van der Waals surface area contributed by atoms with E-state index >= 15 is 0 Å². The normalized spacial score (nSPS) is 11.5. The molecule has 0 aliphatic carbocycles. The summed E-state index contributed by atoms with van der Waals surface area (Å²) in [6.45, 7) is 0. The van der Waals surface area contributed by atoms with Gasteiger partial charge in [0.1, 0.15) is 11.5 Å². The molecule has 0 saturated heterocycles. The third-order valence-electron chi connectivity index (χ3n) is 5.13. The number of aliphatic imine (C=N–C) groups is 1. The van der Waals surface area contributed by atoms with Crippen LogP contribution in [0.1, 0.15) is 5.69 Å². The summed E-state index contributed by atoms with van der Waals surface area (Å²) < 4.78 is 0. The minimum absolute atomic E-state index is 0.189. The molecule has 2 N–H and O–H groups in total. The van der Waals surface area contributed by atoms with Crippen LogP contribution in [0.5, 0.6) is 11.5 Å². The molecule has 0 fully saturated rings. The van der Waals surface area contributed by atoms with E-state index in [1.54, 1.807) is 18.3 Å². The van der Waals surface area contributed by atoms with Crippen LogP contribution in [0, 0.1) is 0 Å². The summed E-state index contributed by atoms with van der Waals surface area (Å²) in [6, 6.07) is 28.2. The molecular weight excluding hydrogens is 372 g/mol. The van der Waals surface area contributed by atoms with Crippen molar-refractivity contribution >= 4 is 33.4 Å². The minimum atomic E-state index is 0.189. The van der Waals surface area contributed by atoms with Gasteiger partial charge in [0.05, 0.1) is 23.3 Å². The molecule has 1 heterocycles. The van der Waals surface area contributed by atoms with Crippen LogP contribution in [0.2, 0.25) is 0 Å². The predicted molar refractivity (Wildman–Crippen MR) is 122 cm³/mol. The summed E-state index contributed by atoms with van der Waals surface area (Å²) in [6.07, 6.45) is 1.67. The van der Waals surface area contributed by atoms with Gasteiger partial charge in [0.2, 0.25) is 0 Å². The summed E-state index contributed by atoms with van der Waals surface area (Å²) in [5, 5.41) is 24.4. The Hall–Kier alpha value is -4.18. The second kappa shape index (κ2) is 7.33. The van der Waals surface area contributed by atoms with Gasteiger partial charge < -0.3 is 10.2 Å². The van der Waals surface area contributed by atoms with Gasteiger partial charge in [0.15, 0.2) is 0 Å². The van der Waals surface area contributed by atoms with Crippen molar-refractivity contribution in [3.8, 4) is 22.8 Å². The number of fused-ring (bicyclic) bond motifs is 2. The third-order valence-corrected chi connectivity index (χ3v) is 5.13. The average Bonchev–Trinajstić information content (AvgIpc) is 2.78. The van der Waals surface area contributed by atoms with Crippen LogP contribution >= 0.6 is 0 Å². The average molecular weight is 390 g/mol. The SMILES string of the molecule is Oc1ccc2ccccc2c1-c1cccc(C=Nc2cccc3cccc(O)c23)n1. The van der Waals surface area contributed by atoms with Gasteiger partial charge in [0.25, 0.3) is 0 Å². The van der Waals surface area contributed by atoms with Crippen LogP contribution < -0.4 is 0 Å². The first-order chi connectivity index (χ1) is 14.7.